The van der Waals surface area contributed by atoms with Crippen LogP contribution in [0.1, 0.15) is 51.9 Å². The Morgan fingerprint density at radius 3 is 1.95 bits per heavy atom. The lowest BCUT2D eigenvalue weighted by Crippen LogP contribution is -2.43. The Morgan fingerprint density at radius 2 is 1.32 bits per heavy atom. The smallest absolute Gasteiger partial charge is 0.00106 e. The Bertz CT molecular complexity index is 258. The zero-order valence-electron chi connectivity index (χ0n) is 12.8. The van der Waals surface area contributed by atoms with Crippen molar-refractivity contribution in [2.24, 2.45) is 17.8 Å². The fourth-order valence-electron chi connectivity index (χ4n) is 4.44. The van der Waals surface area contributed by atoms with Crippen LogP contribution in [0.3, 0.4) is 0 Å². The van der Waals surface area contributed by atoms with E-state index in [1.165, 1.54) is 84.2 Å². The van der Waals surface area contributed by atoms with E-state index in [1.54, 1.807) is 0 Å². The molecule has 0 unspecified atom stereocenters. The van der Waals surface area contributed by atoms with Gasteiger partial charge in [-0.05, 0) is 82.5 Å². The van der Waals surface area contributed by atoms with Crippen LogP contribution in [0.5, 0.6) is 0 Å². The van der Waals surface area contributed by atoms with Crippen LogP contribution >= 0.6 is 0 Å². The Hall–Kier alpha value is -0.0800. The molecule has 3 rings (SSSR count). The number of likely N-dealkylation sites (tertiary alicyclic amines) is 2. The first-order valence-electron chi connectivity index (χ1n) is 8.74. The van der Waals surface area contributed by atoms with Crippen LogP contribution in [-0.4, -0.2) is 49.1 Å². The molecule has 19 heavy (non-hydrogen) atoms. The molecule has 1 saturated carbocycles. The number of piperidine rings is 2. The third-order valence-electron chi connectivity index (χ3n) is 5.66. The van der Waals surface area contributed by atoms with Crippen LogP contribution in [0.4, 0.5) is 0 Å². The van der Waals surface area contributed by atoms with Crippen molar-refractivity contribution in [3.8, 4) is 0 Å². The van der Waals surface area contributed by atoms with E-state index in [0.717, 1.165) is 17.8 Å². The van der Waals surface area contributed by atoms with Crippen molar-refractivity contribution in [1.82, 2.24) is 9.80 Å². The Balaban J connectivity index is 1.32. The zero-order valence-corrected chi connectivity index (χ0v) is 12.8. The first-order valence-corrected chi connectivity index (χ1v) is 8.74. The average Bonchev–Trinajstić information content (AvgIpc) is 2.40. The molecular formula is C17H32N2. The van der Waals surface area contributed by atoms with Gasteiger partial charge in [0.2, 0.25) is 0 Å². The van der Waals surface area contributed by atoms with Crippen molar-refractivity contribution in [1.29, 1.82) is 0 Å². The van der Waals surface area contributed by atoms with E-state index in [2.05, 4.69) is 16.7 Å². The average molecular weight is 264 g/mol. The number of hydrogen-bond acceptors (Lipinski definition) is 2. The summed E-state index contributed by atoms with van der Waals surface area (Å²) in [5, 5.41) is 0. The van der Waals surface area contributed by atoms with E-state index in [9.17, 15) is 0 Å². The first kappa shape index (κ1) is 13.9. The standard InChI is InChI=1S/C17H32N2/c1-15-11-17(12-15)14-19-9-5-16(6-10-19)13-18-7-3-2-4-8-18/h15-17H,2-14H2,1H3. The van der Waals surface area contributed by atoms with Crippen molar-refractivity contribution >= 4 is 0 Å². The summed E-state index contributed by atoms with van der Waals surface area (Å²) in [4.78, 5) is 5.49. The van der Waals surface area contributed by atoms with Gasteiger partial charge < -0.3 is 9.80 Å². The summed E-state index contributed by atoms with van der Waals surface area (Å²) in [6.07, 6.45) is 10.3. The molecule has 110 valence electrons. The van der Waals surface area contributed by atoms with Crippen molar-refractivity contribution in [2.75, 3.05) is 39.3 Å². The quantitative estimate of drug-likeness (QED) is 0.769. The molecule has 2 saturated heterocycles. The van der Waals surface area contributed by atoms with Crippen molar-refractivity contribution < 1.29 is 0 Å². The van der Waals surface area contributed by atoms with Gasteiger partial charge in [-0.2, -0.15) is 0 Å². The molecule has 0 aromatic rings. The van der Waals surface area contributed by atoms with E-state index in [0.29, 0.717) is 0 Å². The molecule has 0 atom stereocenters. The highest BCUT2D eigenvalue weighted by atomic mass is 15.2. The lowest BCUT2D eigenvalue weighted by molar-refractivity contribution is 0.0896. The summed E-state index contributed by atoms with van der Waals surface area (Å²) in [5.41, 5.74) is 0. The second kappa shape index (κ2) is 6.58. The Kier molecular flexibility index (Phi) is 4.81. The maximum absolute atomic E-state index is 2.75. The molecule has 0 aromatic heterocycles. The van der Waals surface area contributed by atoms with Gasteiger partial charge in [-0.1, -0.05) is 13.3 Å². The molecule has 1 aliphatic carbocycles. The van der Waals surface area contributed by atoms with Crippen molar-refractivity contribution in [2.45, 2.75) is 51.9 Å². The number of nitrogens with zero attached hydrogens (tertiary/aromatic N) is 2. The summed E-state index contributed by atoms with van der Waals surface area (Å²) in [7, 11) is 0. The molecule has 0 bridgehead atoms. The van der Waals surface area contributed by atoms with Crippen LogP contribution < -0.4 is 0 Å². The molecule has 0 spiro atoms. The van der Waals surface area contributed by atoms with Gasteiger partial charge in [0.25, 0.3) is 0 Å². The second-order valence-corrected chi connectivity index (χ2v) is 7.55. The van der Waals surface area contributed by atoms with Gasteiger partial charge in [0.05, 0.1) is 0 Å². The highest BCUT2D eigenvalue weighted by Crippen LogP contribution is 2.34. The molecule has 2 aliphatic heterocycles. The second-order valence-electron chi connectivity index (χ2n) is 7.55. The molecule has 2 nitrogen and oxygen atoms in total. The normalized spacial score (nSPS) is 35.2. The summed E-state index contributed by atoms with van der Waals surface area (Å²) >= 11 is 0. The maximum Gasteiger partial charge on any atom is 0.00106 e. The zero-order chi connectivity index (χ0) is 13.1. The molecule has 0 N–H and O–H groups in total. The van der Waals surface area contributed by atoms with Gasteiger partial charge in [-0.25, -0.2) is 0 Å². The molecule has 2 heterocycles. The minimum atomic E-state index is 0.995. The van der Waals surface area contributed by atoms with E-state index in [4.69, 9.17) is 0 Å². The summed E-state index contributed by atoms with van der Waals surface area (Å²) in [6.45, 7) is 10.7. The van der Waals surface area contributed by atoms with Crippen LogP contribution in [0, 0.1) is 17.8 Å². The number of rotatable bonds is 4. The Labute approximate surface area is 119 Å². The van der Waals surface area contributed by atoms with Gasteiger partial charge in [0.1, 0.15) is 0 Å². The van der Waals surface area contributed by atoms with Gasteiger partial charge in [-0.15, -0.1) is 0 Å². The number of hydrogen-bond donors (Lipinski definition) is 0. The third kappa shape index (κ3) is 3.95. The van der Waals surface area contributed by atoms with E-state index < -0.39 is 0 Å². The first-order chi connectivity index (χ1) is 9.29. The fraction of sp³-hybridized carbons (Fsp3) is 1.00. The van der Waals surface area contributed by atoms with Crippen LogP contribution in [0.25, 0.3) is 0 Å². The largest absolute Gasteiger partial charge is 0.303 e. The van der Waals surface area contributed by atoms with Crippen molar-refractivity contribution in [3.63, 3.8) is 0 Å². The Morgan fingerprint density at radius 1 is 0.737 bits per heavy atom. The van der Waals surface area contributed by atoms with Crippen LogP contribution in [0.2, 0.25) is 0 Å². The monoisotopic (exact) mass is 264 g/mol. The van der Waals surface area contributed by atoms with Crippen LogP contribution in [-0.2, 0) is 0 Å². The molecular weight excluding hydrogens is 232 g/mol. The molecule has 2 heteroatoms. The van der Waals surface area contributed by atoms with Gasteiger partial charge in [0.15, 0.2) is 0 Å². The SMILES string of the molecule is CC1CC(CN2CCC(CN3CCCCC3)CC2)C1. The van der Waals surface area contributed by atoms with E-state index in [1.807, 2.05) is 0 Å². The molecule has 3 aliphatic rings. The minimum absolute atomic E-state index is 0.995. The lowest BCUT2D eigenvalue weighted by atomic mass is 9.75. The molecule has 3 fully saturated rings. The van der Waals surface area contributed by atoms with Crippen molar-refractivity contribution in [3.05, 3.63) is 0 Å². The topological polar surface area (TPSA) is 6.48 Å². The van der Waals surface area contributed by atoms with Crippen LogP contribution in [0.15, 0.2) is 0 Å². The highest BCUT2D eigenvalue weighted by Gasteiger charge is 2.29. The van der Waals surface area contributed by atoms with Gasteiger partial charge in [0, 0.05) is 13.1 Å². The predicted molar refractivity (Wildman–Crippen MR) is 81.3 cm³/mol. The van der Waals surface area contributed by atoms with Gasteiger partial charge in [-0.3, -0.25) is 0 Å². The molecule has 0 amide bonds. The van der Waals surface area contributed by atoms with Gasteiger partial charge >= 0.3 is 0 Å². The molecule has 0 aromatic carbocycles. The third-order valence-corrected chi connectivity index (χ3v) is 5.66. The summed E-state index contributed by atoms with van der Waals surface area (Å²) < 4.78 is 0. The molecule has 0 radical (unpaired) electrons. The fourth-order valence-corrected chi connectivity index (χ4v) is 4.44. The maximum atomic E-state index is 2.75. The van der Waals surface area contributed by atoms with E-state index >= 15 is 0 Å². The predicted octanol–water partition coefficient (Wildman–Crippen LogP) is 3.23. The summed E-state index contributed by atoms with van der Waals surface area (Å²) in [6, 6.07) is 0. The lowest BCUT2D eigenvalue weighted by Gasteiger charge is -2.40. The van der Waals surface area contributed by atoms with E-state index in [-0.39, 0.29) is 0 Å². The minimum Gasteiger partial charge on any atom is -0.303 e. The highest BCUT2D eigenvalue weighted by molar-refractivity contribution is 4.82. The summed E-state index contributed by atoms with van der Waals surface area (Å²) in [5.74, 6) is 3.05.